The van der Waals surface area contributed by atoms with Crippen molar-refractivity contribution in [2.24, 2.45) is 0 Å². The normalized spacial score (nSPS) is 12.1. The highest BCUT2D eigenvalue weighted by Gasteiger charge is 2.28. The van der Waals surface area contributed by atoms with Crippen LogP contribution in [-0.4, -0.2) is 58.1 Å². The first-order chi connectivity index (χ1) is 16.5. The molecule has 1 atom stereocenters. The first kappa shape index (κ1) is 28.5. The number of anilines is 1. The number of sulfonamides is 1. The Morgan fingerprint density at radius 1 is 1.14 bits per heavy atom. The Morgan fingerprint density at radius 3 is 2.34 bits per heavy atom. The lowest BCUT2D eigenvalue weighted by atomic mass is 10.1. The summed E-state index contributed by atoms with van der Waals surface area (Å²) in [6, 6.07) is 11.7. The van der Waals surface area contributed by atoms with Crippen LogP contribution < -0.4 is 14.4 Å². The number of likely N-dealkylation sites (N-methyl/N-ethyl adjacent to an activating group) is 1. The minimum absolute atomic E-state index is 0.0787. The number of nitrogens with zero attached hydrogens (tertiary/aromatic N) is 2. The van der Waals surface area contributed by atoms with Crippen molar-refractivity contribution in [1.29, 1.82) is 0 Å². The number of benzene rings is 2. The molecular formula is C25H34ClN3O5S. The third-order valence-corrected chi connectivity index (χ3v) is 7.39. The molecule has 2 aromatic carbocycles. The molecule has 192 valence electrons. The van der Waals surface area contributed by atoms with E-state index < -0.39 is 16.1 Å². The van der Waals surface area contributed by atoms with Crippen LogP contribution in [0.5, 0.6) is 5.75 Å². The number of amides is 2. The lowest BCUT2D eigenvalue weighted by Gasteiger charge is -2.31. The van der Waals surface area contributed by atoms with Gasteiger partial charge in [0.1, 0.15) is 11.8 Å². The van der Waals surface area contributed by atoms with E-state index in [-0.39, 0.29) is 37.7 Å². The van der Waals surface area contributed by atoms with Crippen LogP contribution in [0.4, 0.5) is 5.69 Å². The van der Waals surface area contributed by atoms with E-state index in [1.54, 1.807) is 56.3 Å². The van der Waals surface area contributed by atoms with Gasteiger partial charge in [-0.25, -0.2) is 8.42 Å². The van der Waals surface area contributed by atoms with Crippen molar-refractivity contribution in [2.75, 3.05) is 31.3 Å². The summed E-state index contributed by atoms with van der Waals surface area (Å²) in [5.74, 6) is 0.219. The summed E-state index contributed by atoms with van der Waals surface area (Å²) in [5.41, 5.74) is 1.99. The predicted molar refractivity (Wildman–Crippen MR) is 139 cm³/mol. The Labute approximate surface area is 213 Å². The molecule has 10 heteroatoms. The van der Waals surface area contributed by atoms with Gasteiger partial charge in [-0.15, -0.1) is 0 Å². The number of rotatable bonds is 12. The van der Waals surface area contributed by atoms with E-state index in [0.29, 0.717) is 28.4 Å². The maximum atomic E-state index is 13.3. The van der Waals surface area contributed by atoms with Gasteiger partial charge in [-0.3, -0.25) is 13.9 Å². The van der Waals surface area contributed by atoms with Crippen molar-refractivity contribution in [3.8, 4) is 5.75 Å². The van der Waals surface area contributed by atoms with Gasteiger partial charge in [0.15, 0.2) is 0 Å². The van der Waals surface area contributed by atoms with Crippen LogP contribution in [0.3, 0.4) is 0 Å². The Bertz CT molecular complexity index is 1120. The molecule has 0 spiro atoms. The fourth-order valence-corrected chi connectivity index (χ4v) is 5.05. The maximum absolute atomic E-state index is 13.3. The molecule has 0 bridgehead atoms. The van der Waals surface area contributed by atoms with Gasteiger partial charge in [0, 0.05) is 31.6 Å². The summed E-state index contributed by atoms with van der Waals surface area (Å²) in [5, 5.41) is 3.10. The van der Waals surface area contributed by atoms with Gasteiger partial charge in [0.2, 0.25) is 21.8 Å². The average molecular weight is 524 g/mol. The van der Waals surface area contributed by atoms with E-state index in [9.17, 15) is 18.0 Å². The molecule has 35 heavy (non-hydrogen) atoms. The van der Waals surface area contributed by atoms with Crippen LogP contribution in [0.1, 0.15) is 37.3 Å². The molecule has 0 heterocycles. The number of hydrogen-bond acceptors (Lipinski definition) is 5. The molecule has 2 rings (SSSR count). The van der Waals surface area contributed by atoms with E-state index >= 15 is 0 Å². The van der Waals surface area contributed by atoms with Gasteiger partial charge in [0.25, 0.3) is 0 Å². The predicted octanol–water partition coefficient (Wildman–Crippen LogP) is 3.76. The number of carbonyl (C=O) groups is 2. The second-order valence-corrected chi connectivity index (χ2v) is 10.5. The zero-order chi connectivity index (χ0) is 26.2. The highest BCUT2D eigenvalue weighted by molar-refractivity contribution is 7.92. The smallest absolute Gasteiger partial charge is 0.242 e. The molecule has 1 N–H and O–H groups in total. The van der Waals surface area contributed by atoms with Crippen LogP contribution in [0.2, 0.25) is 5.02 Å². The zero-order valence-electron chi connectivity index (χ0n) is 20.9. The topological polar surface area (TPSA) is 96.0 Å². The number of hydrogen-bond donors (Lipinski definition) is 1. The highest BCUT2D eigenvalue weighted by Crippen LogP contribution is 2.28. The molecular weight excluding hydrogens is 490 g/mol. The van der Waals surface area contributed by atoms with Crippen molar-refractivity contribution in [3.05, 3.63) is 58.6 Å². The number of ether oxygens (including phenoxy) is 1. The molecule has 8 nitrogen and oxygen atoms in total. The molecule has 0 saturated heterocycles. The highest BCUT2D eigenvalue weighted by atomic mass is 35.5. The molecule has 1 unspecified atom stereocenters. The summed E-state index contributed by atoms with van der Waals surface area (Å²) < 4.78 is 31.5. The third kappa shape index (κ3) is 7.60. The summed E-state index contributed by atoms with van der Waals surface area (Å²) >= 11 is 6.20. The van der Waals surface area contributed by atoms with E-state index in [2.05, 4.69) is 5.32 Å². The molecule has 0 saturated carbocycles. The summed E-state index contributed by atoms with van der Waals surface area (Å²) in [6.45, 7) is 3.96. The minimum Gasteiger partial charge on any atom is -0.497 e. The summed E-state index contributed by atoms with van der Waals surface area (Å²) in [6.07, 6.45) is 1.93. The lowest BCUT2D eigenvalue weighted by Crippen LogP contribution is -2.48. The van der Waals surface area contributed by atoms with Crippen LogP contribution >= 0.6 is 11.6 Å². The van der Waals surface area contributed by atoms with Crippen molar-refractivity contribution in [2.45, 2.75) is 45.7 Å². The fourth-order valence-electron chi connectivity index (χ4n) is 3.86. The molecule has 0 aromatic heterocycles. The molecule has 0 aliphatic carbocycles. The van der Waals surface area contributed by atoms with E-state index in [1.807, 2.05) is 19.1 Å². The van der Waals surface area contributed by atoms with E-state index in [4.69, 9.17) is 16.3 Å². The molecule has 0 radical (unpaired) electrons. The fraction of sp³-hybridized carbons (Fsp3) is 0.440. The Kier molecular flexibility index (Phi) is 10.4. The minimum atomic E-state index is -3.60. The number of nitrogens with one attached hydrogen (secondary N) is 1. The first-order valence-electron chi connectivity index (χ1n) is 11.4. The van der Waals surface area contributed by atoms with Gasteiger partial charge in [-0.1, -0.05) is 36.7 Å². The zero-order valence-corrected chi connectivity index (χ0v) is 22.4. The van der Waals surface area contributed by atoms with Crippen LogP contribution in [-0.2, 0) is 26.2 Å². The maximum Gasteiger partial charge on any atom is 0.242 e. The molecule has 0 aliphatic rings. The Hall–Kier alpha value is -2.78. The quantitative estimate of drug-likeness (QED) is 0.457. The molecule has 0 aliphatic heterocycles. The lowest BCUT2D eigenvalue weighted by molar-refractivity contribution is -0.141. The van der Waals surface area contributed by atoms with Crippen molar-refractivity contribution >= 4 is 39.1 Å². The SMILES string of the molecule is CCC(C(=O)NC)N(Cc1ccc(OC)cc1)C(=O)CCCN(c1cccc(Cl)c1C)S(C)(=O)=O. The summed E-state index contributed by atoms with van der Waals surface area (Å²) in [4.78, 5) is 27.4. The van der Waals surface area contributed by atoms with Gasteiger partial charge >= 0.3 is 0 Å². The van der Waals surface area contributed by atoms with Gasteiger partial charge in [0.05, 0.1) is 19.1 Å². The Balaban J connectivity index is 2.22. The van der Waals surface area contributed by atoms with Gasteiger partial charge in [-0.2, -0.15) is 0 Å². The number of carbonyl (C=O) groups excluding carboxylic acids is 2. The third-order valence-electron chi connectivity index (χ3n) is 5.80. The second-order valence-electron chi connectivity index (χ2n) is 8.23. The summed E-state index contributed by atoms with van der Waals surface area (Å²) in [7, 11) is -0.478. The standard InChI is InChI=1S/C25H34ClN3O5S/c1-6-22(25(31)27-3)28(17-19-12-14-20(34-4)15-13-19)24(30)11-8-16-29(35(5,32)33)23-10-7-9-21(26)18(23)2/h7,9-10,12-15,22H,6,8,11,16-17H2,1-5H3,(H,27,31). The van der Waals surface area contributed by atoms with Crippen LogP contribution in [0.25, 0.3) is 0 Å². The second kappa shape index (κ2) is 12.8. The van der Waals surface area contributed by atoms with Crippen LogP contribution in [0.15, 0.2) is 42.5 Å². The molecule has 2 aromatic rings. The van der Waals surface area contributed by atoms with Crippen molar-refractivity contribution in [3.63, 3.8) is 0 Å². The molecule has 2 amide bonds. The van der Waals surface area contributed by atoms with Crippen molar-refractivity contribution in [1.82, 2.24) is 10.2 Å². The first-order valence-corrected chi connectivity index (χ1v) is 13.6. The number of halogens is 1. The van der Waals surface area contributed by atoms with Gasteiger partial charge < -0.3 is 15.0 Å². The Morgan fingerprint density at radius 2 is 1.80 bits per heavy atom. The molecule has 0 fully saturated rings. The van der Waals surface area contributed by atoms with Crippen molar-refractivity contribution < 1.29 is 22.7 Å². The average Bonchev–Trinajstić information content (AvgIpc) is 2.83. The van der Waals surface area contributed by atoms with Crippen LogP contribution in [0, 0.1) is 6.92 Å². The monoisotopic (exact) mass is 523 g/mol. The van der Waals surface area contributed by atoms with E-state index in [0.717, 1.165) is 11.8 Å². The largest absolute Gasteiger partial charge is 0.497 e. The number of methoxy groups -OCH3 is 1. The van der Waals surface area contributed by atoms with E-state index in [1.165, 1.54) is 4.31 Å². The van der Waals surface area contributed by atoms with Gasteiger partial charge in [-0.05, 0) is 55.2 Å².